The lowest BCUT2D eigenvalue weighted by molar-refractivity contribution is 0.582. The highest BCUT2D eigenvalue weighted by Gasteiger charge is 2.19. The molecule has 0 aliphatic rings. The molecule has 0 amide bonds. The van der Waals surface area contributed by atoms with Crippen LogP contribution in [0.2, 0.25) is 0 Å². The first-order valence-electron chi connectivity index (χ1n) is 4.85. The van der Waals surface area contributed by atoms with Crippen LogP contribution in [-0.4, -0.2) is 9.97 Å². The standard InChI is InChI=1S/C11H7F2N4P/c12-10-7(4-14)16-5-8(17-18)9(10)6-2-1-3-15-11(6)13/h1-3,5,17H,18H2. The van der Waals surface area contributed by atoms with E-state index in [0.29, 0.717) is 0 Å². The molecule has 0 aromatic carbocycles. The lowest BCUT2D eigenvalue weighted by atomic mass is 10.1. The molecule has 0 saturated heterocycles. The minimum atomic E-state index is -0.878. The van der Waals surface area contributed by atoms with Crippen molar-refractivity contribution in [1.29, 1.82) is 5.26 Å². The summed E-state index contributed by atoms with van der Waals surface area (Å²) in [4.78, 5) is 7.08. The van der Waals surface area contributed by atoms with Crippen LogP contribution in [0.15, 0.2) is 24.5 Å². The van der Waals surface area contributed by atoms with Gasteiger partial charge in [0.25, 0.3) is 0 Å². The van der Waals surface area contributed by atoms with Crippen LogP contribution in [0.3, 0.4) is 0 Å². The van der Waals surface area contributed by atoms with Gasteiger partial charge in [0.2, 0.25) is 5.95 Å². The highest BCUT2D eigenvalue weighted by Crippen LogP contribution is 2.33. The Morgan fingerprint density at radius 1 is 1.33 bits per heavy atom. The Balaban J connectivity index is 2.77. The Kier molecular flexibility index (Phi) is 3.45. The molecule has 2 aromatic heterocycles. The molecule has 0 fully saturated rings. The van der Waals surface area contributed by atoms with E-state index in [1.54, 1.807) is 6.07 Å². The number of anilines is 1. The average Bonchev–Trinajstić information content (AvgIpc) is 2.39. The smallest absolute Gasteiger partial charge is 0.220 e. The van der Waals surface area contributed by atoms with Gasteiger partial charge in [-0.05, 0) is 21.5 Å². The van der Waals surface area contributed by atoms with Gasteiger partial charge >= 0.3 is 0 Å². The number of hydrogen-bond donors (Lipinski definition) is 1. The maximum atomic E-state index is 14.1. The summed E-state index contributed by atoms with van der Waals surface area (Å²) in [7, 11) is 2.17. The minimum Gasteiger partial charge on any atom is -0.368 e. The summed E-state index contributed by atoms with van der Waals surface area (Å²) in [6.07, 6.45) is 2.52. The first kappa shape index (κ1) is 12.3. The van der Waals surface area contributed by atoms with Crippen LogP contribution in [0.5, 0.6) is 0 Å². The van der Waals surface area contributed by atoms with Gasteiger partial charge in [0, 0.05) is 11.8 Å². The Morgan fingerprint density at radius 3 is 2.72 bits per heavy atom. The molecule has 0 bridgehead atoms. The summed E-state index contributed by atoms with van der Waals surface area (Å²) in [6, 6.07) is 4.48. The van der Waals surface area contributed by atoms with Gasteiger partial charge in [-0.2, -0.15) is 9.65 Å². The molecule has 1 unspecified atom stereocenters. The molecular weight excluding hydrogens is 257 g/mol. The molecule has 2 rings (SSSR count). The van der Waals surface area contributed by atoms with Crippen molar-refractivity contribution in [3.8, 4) is 17.2 Å². The number of hydrogen-bond acceptors (Lipinski definition) is 4. The van der Waals surface area contributed by atoms with E-state index in [1.165, 1.54) is 24.5 Å². The monoisotopic (exact) mass is 264 g/mol. The minimum absolute atomic E-state index is 0.0288. The van der Waals surface area contributed by atoms with Gasteiger partial charge in [-0.25, -0.2) is 14.4 Å². The van der Waals surface area contributed by atoms with E-state index >= 15 is 0 Å². The van der Waals surface area contributed by atoms with Crippen LogP contribution in [0, 0.1) is 23.1 Å². The van der Waals surface area contributed by atoms with Crippen LogP contribution in [-0.2, 0) is 0 Å². The molecule has 18 heavy (non-hydrogen) atoms. The third kappa shape index (κ3) is 2.01. The van der Waals surface area contributed by atoms with Crippen molar-refractivity contribution < 1.29 is 8.78 Å². The SMILES string of the molecule is N#Cc1ncc(NP)c(-c2cccnc2F)c1F. The van der Waals surface area contributed by atoms with Gasteiger partial charge in [0.05, 0.1) is 17.4 Å². The Labute approximate surface area is 104 Å². The lowest BCUT2D eigenvalue weighted by Crippen LogP contribution is -2.00. The predicted octanol–water partition coefficient (Wildman–Crippen LogP) is 2.50. The van der Waals surface area contributed by atoms with Crippen molar-refractivity contribution >= 4 is 15.1 Å². The maximum Gasteiger partial charge on any atom is 0.220 e. The molecule has 90 valence electrons. The molecule has 0 aliphatic carbocycles. The van der Waals surface area contributed by atoms with E-state index < -0.39 is 17.5 Å². The van der Waals surface area contributed by atoms with Crippen molar-refractivity contribution in [2.75, 3.05) is 5.09 Å². The van der Waals surface area contributed by atoms with Crippen LogP contribution < -0.4 is 5.09 Å². The van der Waals surface area contributed by atoms with Gasteiger partial charge in [-0.1, -0.05) is 0 Å². The second-order valence-electron chi connectivity index (χ2n) is 3.31. The highest BCUT2D eigenvalue weighted by atomic mass is 31.0. The van der Waals surface area contributed by atoms with E-state index in [4.69, 9.17) is 5.26 Å². The zero-order valence-electron chi connectivity index (χ0n) is 8.98. The van der Waals surface area contributed by atoms with E-state index in [0.717, 1.165) is 0 Å². The topological polar surface area (TPSA) is 61.6 Å². The van der Waals surface area contributed by atoms with Crippen LogP contribution in [0.1, 0.15) is 5.69 Å². The third-order valence-electron chi connectivity index (χ3n) is 2.31. The van der Waals surface area contributed by atoms with E-state index in [9.17, 15) is 8.78 Å². The second-order valence-corrected chi connectivity index (χ2v) is 3.60. The zero-order valence-corrected chi connectivity index (χ0v) is 10.1. The second kappa shape index (κ2) is 5.03. The fourth-order valence-electron chi connectivity index (χ4n) is 1.51. The maximum absolute atomic E-state index is 14.1. The summed E-state index contributed by atoms with van der Waals surface area (Å²) >= 11 is 0. The highest BCUT2D eigenvalue weighted by molar-refractivity contribution is 7.18. The van der Waals surface area contributed by atoms with Crippen molar-refractivity contribution in [3.63, 3.8) is 0 Å². The number of nitrogens with one attached hydrogen (secondary N) is 1. The van der Waals surface area contributed by atoms with Gasteiger partial charge in [-0.3, -0.25) is 0 Å². The summed E-state index contributed by atoms with van der Waals surface area (Å²) < 4.78 is 27.6. The molecule has 4 nitrogen and oxygen atoms in total. The number of aromatic nitrogens is 2. The van der Waals surface area contributed by atoms with Gasteiger partial charge in [0.1, 0.15) is 6.07 Å². The lowest BCUT2D eigenvalue weighted by Gasteiger charge is -2.10. The number of rotatable bonds is 2. The summed E-state index contributed by atoms with van der Waals surface area (Å²) in [6.45, 7) is 0. The van der Waals surface area contributed by atoms with E-state index in [1.807, 2.05) is 0 Å². The molecule has 1 N–H and O–H groups in total. The first-order valence-corrected chi connectivity index (χ1v) is 5.43. The molecule has 1 atom stereocenters. The van der Waals surface area contributed by atoms with Gasteiger partial charge < -0.3 is 5.09 Å². The molecule has 0 aliphatic heterocycles. The number of pyridine rings is 2. The first-order chi connectivity index (χ1) is 8.69. The summed E-state index contributed by atoms with van der Waals surface area (Å²) in [5.41, 5.74) is -0.235. The van der Waals surface area contributed by atoms with Crippen LogP contribution in [0.25, 0.3) is 11.1 Å². The predicted molar refractivity (Wildman–Crippen MR) is 65.4 cm³/mol. The normalized spacial score (nSPS) is 9.89. The fraction of sp³-hybridized carbons (Fsp3) is 0. The largest absolute Gasteiger partial charge is 0.368 e. The van der Waals surface area contributed by atoms with Crippen molar-refractivity contribution in [1.82, 2.24) is 9.97 Å². The number of halogens is 2. The van der Waals surface area contributed by atoms with Crippen LogP contribution in [0.4, 0.5) is 14.5 Å². The molecule has 7 heteroatoms. The zero-order chi connectivity index (χ0) is 13.1. The van der Waals surface area contributed by atoms with Crippen molar-refractivity contribution in [2.45, 2.75) is 0 Å². The average molecular weight is 264 g/mol. The molecule has 2 aromatic rings. The quantitative estimate of drug-likeness (QED) is 0.668. The number of nitriles is 1. The molecule has 2 heterocycles. The Morgan fingerprint density at radius 2 is 2.11 bits per heavy atom. The van der Waals surface area contributed by atoms with Crippen molar-refractivity contribution in [3.05, 3.63) is 42.0 Å². The third-order valence-corrected chi connectivity index (χ3v) is 2.62. The molecule has 0 spiro atoms. The van der Waals surface area contributed by atoms with Crippen LogP contribution >= 0.6 is 9.39 Å². The van der Waals surface area contributed by atoms with Crippen molar-refractivity contribution in [2.24, 2.45) is 0 Å². The summed E-state index contributed by atoms with van der Waals surface area (Å²) in [5, 5.41) is 11.4. The van der Waals surface area contributed by atoms with Gasteiger partial charge in [0.15, 0.2) is 11.5 Å². The summed E-state index contributed by atoms with van der Waals surface area (Å²) in [5.74, 6) is -1.69. The fourth-order valence-corrected chi connectivity index (χ4v) is 1.73. The van der Waals surface area contributed by atoms with Gasteiger partial charge in [-0.15, -0.1) is 0 Å². The Hall–Kier alpha value is -2.12. The molecule has 0 radical (unpaired) electrons. The Bertz CT molecular complexity index is 639. The molecular formula is C11H7F2N4P. The van der Waals surface area contributed by atoms with E-state index in [-0.39, 0.29) is 16.8 Å². The number of nitrogens with zero attached hydrogens (tertiary/aromatic N) is 3. The molecule has 0 saturated carbocycles. The van der Waals surface area contributed by atoms with E-state index in [2.05, 4.69) is 24.4 Å².